The van der Waals surface area contributed by atoms with Crippen molar-refractivity contribution in [2.75, 3.05) is 25.9 Å². The molecule has 0 spiro atoms. The van der Waals surface area contributed by atoms with Crippen LogP contribution in [0.25, 0.3) is 5.76 Å². The van der Waals surface area contributed by atoms with Gasteiger partial charge in [0.1, 0.15) is 17.3 Å². The fraction of sp³-hybridized carbons (Fsp3) is 0.241. The average molecular weight is 502 g/mol. The van der Waals surface area contributed by atoms with Gasteiger partial charge in [-0.3, -0.25) is 14.5 Å². The van der Waals surface area contributed by atoms with E-state index in [1.807, 2.05) is 24.3 Å². The van der Waals surface area contributed by atoms with Crippen LogP contribution < -0.4 is 23.8 Å². The minimum absolute atomic E-state index is 0.0495. The van der Waals surface area contributed by atoms with Gasteiger partial charge in [0.25, 0.3) is 11.7 Å². The summed E-state index contributed by atoms with van der Waals surface area (Å²) in [6.45, 7) is 4.25. The number of hydrogen-bond acceptors (Lipinski definition) is 7. The smallest absolute Gasteiger partial charge is 0.300 e. The predicted molar refractivity (Wildman–Crippen MR) is 137 cm³/mol. The van der Waals surface area contributed by atoms with Crippen LogP contribution in [0, 0.1) is 0 Å². The monoisotopic (exact) mass is 501 g/mol. The lowest BCUT2D eigenvalue weighted by atomic mass is 9.93. The average Bonchev–Trinajstić information content (AvgIpc) is 3.49. The van der Waals surface area contributed by atoms with Gasteiger partial charge >= 0.3 is 0 Å². The van der Waals surface area contributed by atoms with Gasteiger partial charge in [0.05, 0.1) is 31.4 Å². The van der Waals surface area contributed by atoms with E-state index in [1.165, 1.54) is 19.1 Å². The maximum atomic E-state index is 13.5. The molecule has 3 aromatic carbocycles. The van der Waals surface area contributed by atoms with Crippen molar-refractivity contribution >= 4 is 23.1 Å². The van der Waals surface area contributed by atoms with Crippen molar-refractivity contribution in [1.82, 2.24) is 0 Å². The molecule has 2 aliphatic heterocycles. The number of benzene rings is 3. The lowest BCUT2D eigenvalue weighted by molar-refractivity contribution is -0.132. The third-order valence-electron chi connectivity index (χ3n) is 6.66. The SMILES string of the molecule is COc1ccc(OC)c(/C(O)=C2\C(=O)C(=O)N(c3ccc4c(c3)OCO4)C2c2ccc(C(C)C)cc2)c1. The molecule has 1 fully saturated rings. The number of anilines is 1. The fourth-order valence-electron chi connectivity index (χ4n) is 4.66. The zero-order chi connectivity index (χ0) is 26.3. The second kappa shape index (κ2) is 9.54. The molecule has 0 aliphatic carbocycles. The standard InChI is InChI=1S/C29H27NO7/c1-16(2)17-5-7-18(8-6-17)26-25(27(31)21-14-20(34-3)10-12-22(21)35-4)28(32)29(33)30(26)19-9-11-23-24(13-19)37-15-36-23/h5-14,16,26,31H,15H2,1-4H3/b27-25+. The van der Waals surface area contributed by atoms with Crippen molar-refractivity contribution in [3.63, 3.8) is 0 Å². The van der Waals surface area contributed by atoms with E-state index in [-0.39, 0.29) is 23.7 Å². The van der Waals surface area contributed by atoms with E-state index in [1.54, 1.807) is 36.4 Å². The fourth-order valence-corrected chi connectivity index (χ4v) is 4.66. The summed E-state index contributed by atoms with van der Waals surface area (Å²) in [5.74, 6) is 0.206. The first kappa shape index (κ1) is 24.2. The van der Waals surface area contributed by atoms with Crippen LogP contribution in [-0.2, 0) is 9.59 Å². The molecule has 1 saturated heterocycles. The second-order valence-corrected chi connectivity index (χ2v) is 9.09. The molecule has 3 aromatic rings. The summed E-state index contributed by atoms with van der Waals surface area (Å²) in [5.41, 5.74) is 2.42. The van der Waals surface area contributed by atoms with Gasteiger partial charge in [-0.15, -0.1) is 0 Å². The first-order valence-corrected chi connectivity index (χ1v) is 11.9. The largest absolute Gasteiger partial charge is 0.507 e. The van der Waals surface area contributed by atoms with E-state index in [9.17, 15) is 14.7 Å². The van der Waals surface area contributed by atoms with E-state index >= 15 is 0 Å². The Kier molecular flexibility index (Phi) is 6.25. The Morgan fingerprint density at radius 3 is 2.35 bits per heavy atom. The molecule has 0 aromatic heterocycles. The number of ether oxygens (including phenoxy) is 4. The number of rotatable bonds is 6. The minimum Gasteiger partial charge on any atom is -0.507 e. The highest BCUT2D eigenvalue weighted by Crippen LogP contribution is 2.46. The Morgan fingerprint density at radius 2 is 1.68 bits per heavy atom. The number of fused-ring (bicyclic) bond motifs is 1. The molecule has 1 amide bonds. The summed E-state index contributed by atoms with van der Waals surface area (Å²) in [6, 6.07) is 16.7. The second-order valence-electron chi connectivity index (χ2n) is 9.09. The summed E-state index contributed by atoms with van der Waals surface area (Å²) in [6.07, 6.45) is 0. The highest BCUT2D eigenvalue weighted by Gasteiger charge is 2.47. The topological polar surface area (TPSA) is 94.5 Å². The van der Waals surface area contributed by atoms with Gasteiger partial charge in [0, 0.05) is 11.8 Å². The number of Topliss-reactive ketones (excluding diaryl/α,β-unsaturated/α-hetero) is 1. The van der Waals surface area contributed by atoms with Crippen LogP contribution in [0.1, 0.15) is 42.5 Å². The molecule has 0 bridgehead atoms. The van der Waals surface area contributed by atoms with Crippen LogP contribution in [0.4, 0.5) is 5.69 Å². The number of methoxy groups -OCH3 is 2. The summed E-state index contributed by atoms with van der Waals surface area (Å²) in [7, 11) is 2.96. The molecule has 37 heavy (non-hydrogen) atoms. The number of carbonyl (C=O) groups excluding carboxylic acids is 2. The number of nitrogens with zero attached hydrogens (tertiary/aromatic N) is 1. The van der Waals surface area contributed by atoms with Crippen molar-refractivity contribution in [2.24, 2.45) is 0 Å². The Bertz CT molecular complexity index is 1410. The normalized spacial score (nSPS) is 18.0. The van der Waals surface area contributed by atoms with Gasteiger partial charge in [-0.25, -0.2) is 0 Å². The molecule has 190 valence electrons. The quantitative estimate of drug-likeness (QED) is 0.282. The van der Waals surface area contributed by atoms with Gasteiger partial charge < -0.3 is 24.1 Å². The molecule has 1 atom stereocenters. The van der Waals surface area contributed by atoms with Crippen LogP contribution in [0.3, 0.4) is 0 Å². The third kappa shape index (κ3) is 4.14. The first-order chi connectivity index (χ1) is 17.8. The van der Waals surface area contributed by atoms with E-state index in [0.717, 1.165) is 5.56 Å². The first-order valence-electron chi connectivity index (χ1n) is 11.9. The van der Waals surface area contributed by atoms with Crippen molar-refractivity contribution in [3.8, 4) is 23.0 Å². The van der Waals surface area contributed by atoms with Crippen molar-refractivity contribution in [2.45, 2.75) is 25.8 Å². The minimum atomic E-state index is -0.891. The van der Waals surface area contributed by atoms with Crippen LogP contribution in [0.5, 0.6) is 23.0 Å². The molecule has 0 radical (unpaired) electrons. The number of hydrogen-bond donors (Lipinski definition) is 1. The summed E-state index contributed by atoms with van der Waals surface area (Å²) in [4.78, 5) is 28.4. The van der Waals surface area contributed by atoms with Crippen molar-refractivity contribution < 1.29 is 33.6 Å². The van der Waals surface area contributed by atoms with Crippen LogP contribution in [0.15, 0.2) is 66.2 Å². The molecule has 2 aliphatic rings. The van der Waals surface area contributed by atoms with Gasteiger partial charge in [0.15, 0.2) is 11.5 Å². The zero-order valence-corrected chi connectivity index (χ0v) is 21.0. The molecule has 1 unspecified atom stereocenters. The number of carbonyl (C=O) groups is 2. The Labute approximate surface area is 214 Å². The van der Waals surface area contributed by atoms with Crippen molar-refractivity contribution in [3.05, 3.63) is 82.9 Å². The maximum absolute atomic E-state index is 13.5. The third-order valence-corrected chi connectivity index (χ3v) is 6.66. The molecule has 0 saturated carbocycles. The number of aliphatic hydroxyl groups excluding tert-OH is 1. The van der Waals surface area contributed by atoms with Gasteiger partial charge in [0.2, 0.25) is 6.79 Å². The van der Waals surface area contributed by atoms with E-state index in [4.69, 9.17) is 18.9 Å². The molecular weight excluding hydrogens is 474 g/mol. The van der Waals surface area contributed by atoms with E-state index in [2.05, 4.69) is 13.8 Å². The summed E-state index contributed by atoms with van der Waals surface area (Å²) < 4.78 is 21.7. The number of amides is 1. The molecule has 8 nitrogen and oxygen atoms in total. The van der Waals surface area contributed by atoms with Gasteiger partial charge in [-0.05, 0) is 47.4 Å². The predicted octanol–water partition coefficient (Wildman–Crippen LogP) is 5.18. The maximum Gasteiger partial charge on any atom is 0.300 e. The Morgan fingerprint density at radius 1 is 0.946 bits per heavy atom. The highest BCUT2D eigenvalue weighted by atomic mass is 16.7. The van der Waals surface area contributed by atoms with E-state index < -0.39 is 17.7 Å². The van der Waals surface area contributed by atoms with Crippen LogP contribution in [0.2, 0.25) is 0 Å². The Balaban J connectivity index is 1.72. The van der Waals surface area contributed by atoms with Gasteiger partial charge in [-0.1, -0.05) is 38.1 Å². The van der Waals surface area contributed by atoms with Crippen molar-refractivity contribution in [1.29, 1.82) is 0 Å². The van der Waals surface area contributed by atoms with Gasteiger partial charge in [-0.2, -0.15) is 0 Å². The highest BCUT2D eigenvalue weighted by molar-refractivity contribution is 6.51. The van der Waals surface area contributed by atoms with Crippen LogP contribution in [-0.4, -0.2) is 37.8 Å². The lowest BCUT2D eigenvalue weighted by Gasteiger charge is -2.26. The number of ketones is 1. The van der Waals surface area contributed by atoms with Crippen LogP contribution >= 0.6 is 0 Å². The lowest BCUT2D eigenvalue weighted by Crippen LogP contribution is -2.29. The Hall–Kier alpha value is -4.46. The summed E-state index contributed by atoms with van der Waals surface area (Å²) >= 11 is 0. The molecule has 5 rings (SSSR count). The van der Waals surface area contributed by atoms with E-state index in [0.29, 0.717) is 40.2 Å². The molecule has 2 heterocycles. The molecule has 1 N–H and O–H groups in total. The summed E-state index contributed by atoms with van der Waals surface area (Å²) in [5, 5.41) is 11.5. The molecular formula is C29H27NO7. The molecule has 8 heteroatoms. The number of aliphatic hydroxyl groups is 1. The zero-order valence-electron chi connectivity index (χ0n) is 21.0.